The maximum atomic E-state index is 13.1. The number of aromatic nitrogens is 2. The average Bonchev–Trinajstić information content (AvgIpc) is 2.86. The second-order valence-corrected chi connectivity index (χ2v) is 4.62. The van der Waals surface area contributed by atoms with Gasteiger partial charge < -0.3 is 0 Å². The van der Waals surface area contributed by atoms with Crippen LogP contribution in [0.15, 0.2) is 29.8 Å². The summed E-state index contributed by atoms with van der Waals surface area (Å²) in [6.45, 7) is 1.97. The number of hydrogen-bond acceptors (Lipinski definition) is 2. The first-order valence-corrected chi connectivity index (χ1v) is 5.92. The summed E-state index contributed by atoms with van der Waals surface area (Å²) in [5, 5.41) is 2.00. The van der Waals surface area contributed by atoms with Crippen LogP contribution in [0.4, 0.5) is 8.78 Å². The van der Waals surface area contributed by atoms with Gasteiger partial charge in [0.25, 0.3) is 0 Å². The average molecular weight is 250 g/mol. The van der Waals surface area contributed by atoms with Crippen LogP contribution in [0.25, 0.3) is 16.2 Å². The van der Waals surface area contributed by atoms with E-state index in [4.69, 9.17) is 0 Å². The van der Waals surface area contributed by atoms with Gasteiger partial charge >= 0.3 is 0 Å². The molecule has 0 saturated heterocycles. The van der Waals surface area contributed by atoms with Crippen molar-refractivity contribution in [3.63, 3.8) is 0 Å². The molecule has 2 nitrogen and oxygen atoms in total. The van der Waals surface area contributed by atoms with Gasteiger partial charge in [-0.3, -0.25) is 4.40 Å². The largest absolute Gasteiger partial charge is 0.294 e. The molecule has 0 aliphatic carbocycles. The second-order valence-electron chi connectivity index (χ2n) is 3.78. The fourth-order valence-electron chi connectivity index (χ4n) is 1.69. The van der Waals surface area contributed by atoms with E-state index >= 15 is 0 Å². The van der Waals surface area contributed by atoms with Gasteiger partial charge in [0.05, 0.1) is 5.69 Å². The molecule has 0 N–H and O–H groups in total. The van der Waals surface area contributed by atoms with Crippen molar-refractivity contribution in [1.29, 1.82) is 0 Å². The Kier molecular flexibility index (Phi) is 2.22. The van der Waals surface area contributed by atoms with E-state index in [1.807, 2.05) is 22.9 Å². The molecule has 0 bridgehead atoms. The molecule has 86 valence electrons. The molecule has 0 amide bonds. The normalized spacial score (nSPS) is 11.2. The zero-order valence-corrected chi connectivity index (χ0v) is 9.76. The topological polar surface area (TPSA) is 17.3 Å². The third-order valence-electron chi connectivity index (χ3n) is 2.60. The summed E-state index contributed by atoms with van der Waals surface area (Å²) in [5.74, 6) is -1.69. The van der Waals surface area contributed by atoms with Gasteiger partial charge in [-0.05, 0) is 25.1 Å². The van der Waals surface area contributed by atoms with Crippen molar-refractivity contribution in [3.05, 3.63) is 47.1 Å². The number of nitrogens with zero attached hydrogens (tertiary/aromatic N) is 2. The Morgan fingerprint density at radius 2 is 2.06 bits per heavy atom. The van der Waals surface area contributed by atoms with E-state index in [2.05, 4.69) is 4.98 Å². The standard InChI is InChI=1S/C12H8F2N2S/c1-7-6-17-12-15-11(5-16(7)12)8-2-3-9(13)10(14)4-8/h2-6H,1H3. The van der Waals surface area contributed by atoms with Crippen LogP contribution in [-0.2, 0) is 0 Å². The predicted molar refractivity (Wildman–Crippen MR) is 63.2 cm³/mol. The Hall–Kier alpha value is -1.75. The van der Waals surface area contributed by atoms with E-state index < -0.39 is 11.6 Å². The van der Waals surface area contributed by atoms with E-state index in [1.54, 1.807) is 0 Å². The van der Waals surface area contributed by atoms with Crippen LogP contribution in [0, 0.1) is 18.6 Å². The highest BCUT2D eigenvalue weighted by molar-refractivity contribution is 7.15. The summed E-state index contributed by atoms with van der Waals surface area (Å²) < 4.78 is 27.9. The number of halogens is 2. The third-order valence-corrected chi connectivity index (χ3v) is 3.56. The van der Waals surface area contributed by atoms with Crippen LogP contribution < -0.4 is 0 Å². The first kappa shape index (κ1) is 10.4. The zero-order valence-electron chi connectivity index (χ0n) is 8.95. The molecule has 5 heteroatoms. The SMILES string of the molecule is Cc1csc2nc(-c3ccc(F)c(F)c3)cn12. The maximum absolute atomic E-state index is 13.1. The van der Waals surface area contributed by atoms with Crippen LogP contribution in [0.2, 0.25) is 0 Å². The van der Waals surface area contributed by atoms with Gasteiger partial charge in [-0.15, -0.1) is 11.3 Å². The number of rotatable bonds is 1. The molecule has 3 rings (SSSR count). The van der Waals surface area contributed by atoms with Gasteiger partial charge in [0.1, 0.15) is 0 Å². The molecule has 1 aromatic carbocycles. The fourth-order valence-corrected chi connectivity index (χ4v) is 2.54. The van der Waals surface area contributed by atoms with Crippen LogP contribution in [0.3, 0.4) is 0 Å². The number of aryl methyl sites for hydroxylation is 1. The highest BCUT2D eigenvalue weighted by Gasteiger charge is 2.09. The second kappa shape index (κ2) is 3.63. The number of fused-ring (bicyclic) bond motifs is 1. The van der Waals surface area contributed by atoms with Crippen molar-refractivity contribution in [2.24, 2.45) is 0 Å². The Morgan fingerprint density at radius 3 is 2.76 bits per heavy atom. The van der Waals surface area contributed by atoms with Crippen LogP contribution in [0.1, 0.15) is 5.69 Å². The maximum Gasteiger partial charge on any atom is 0.194 e. The molecule has 0 saturated carbocycles. The monoisotopic (exact) mass is 250 g/mol. The van der Waals surface area contributed by atoms with Crippen molar-refractivity contribution >= 4 is 16.3 Å². The lowest BCUT2D eigenvalue weighted by Gasteiger charge is -1.97. The van der Waals surface area contributed by atoms with Gasteiger partial charge in [-0.1, -0.05) is 0 Å². The van der Waals surface area contributed by atoms with Gasteiger partial charge in [0, 0.05) is 22.8 Å². The van der Waals surface area contributed by atoms with Crippen molar-refractivity contribution in [2.75, 3.05) is 0 Å². The van der Waals surface area contributed by atoms with E-state index in [-0.39, 0.29) is 0 Å². The summed E-state index contributed by atoms with van der Waals surface area (Å²) in [6.07, 6.45) is 1.83. The van der Waals surface area contributed by atoms with E-state index in [1.165, 1.54) is 17.4 Å². The quantitative estimate of drug-likeness (QED) is 0.644. The molecule has 3 aromatic rings. The van der Waals surface area contributed by atoms with Crippen molar-refractivity contribution in [1.82, 2.24) is 9.38 Å². The zero-order chi connectivity index (χ0) is 12.0. The van der Waals surface area contributed by atoms with Crippen LogP contribution in [0.5, 0.6) is 0 Å². The van der Waals surface area contributed by atoms with Gasteiger partial charge in [0.2, 0.25) is 0 Å². The minimum absolute atomic E-state index is 0.583. The van der Waals surface area contributed by atoms with Gasteiger partial charge in [0.15, 0.2) is 16.6 Å². The molecule has 17 heavy (non-hydrogen) atoms. The summed E-state index contributed by atoms with van der Waals surface area (Å²) in [5.41, 5.74) is 2.31. The van der Waals surface area contributed by atoms with Gasteiger partial charge in [-0.25, -0.2) is 13.8 Å². The molecule has 0 radical (unpaired) electrons. The fraction of sp³-hybridized carbons (Fsp3) is 0.0833. The first-order chi connectivity index (χ1) is 8.15. The number of thiazole rings is 1. The Labute approximate surface area is 100 Å². The molecule has 0 aliphatic rings. The highest BCUT2D eigenvalue weighted by Crippen LogP contribution is 2.24. The molecule has 2 heterocycles. The van der Waals surface area contributed by atoms with Crippen LogP contribution >= 0.6 is 11.3 Å². The summed E-state index contributed by atoms with van der Waals surface area (Å²) in [6, 6.07) is 3.81. The molecule has 2 aromatic heterocycles. The molecular weight excluding hydrogens is 242 g/mol. The summed E-state index contributed by atoms with van der Waals surface area (Å²) in [7, 11) is 0. The van der Waals surface area contributed by atoms with Crippen molar-refractivity contribution < 1.29 is 8.78 Å². The minimum Gasteiger partial charge on any atom is -0.294 e. The lowest BCUT2D eigenvalue weighted by atomic mass is 10.1. The molecule has 0 fully saturated rings. The predicted octanol–water partition coefficient (Wildman–Crippen LogP) is 3.65. The van der Waals surface area contributed by atoms with Crippen LogP contribution in [-0.4, -0.2) is 9.38 Å². The van der Waals surface area contributed by atoms with Crippen molar-refractivity contribution in [3.8, 4) is 11.3 Å². The summed E-state index contributed by atoms with van der Waals surface area (Å²) >= 11 is 1.52. The Balaban J connectivity index is 2.16. The Bertz CT molecular complexity index is 700. The molecule has 0 aliphatic heterocycles. The molecule has 0 atom stereocenters. The van der Waals surface area contributed by atoms with E-state index in [9.17, 15) is 8.78 Å². The Morgan fingerprint density at radius 1 is 1.24 bits per heavy atom. The number of imidazole rings is 1. The van der Waals surface area contributed by atoms with Crippen molar-refractivity contribution in [2.45, 2.75) is 6.92 Å². The highest BCUT2D eigenvalue weighted by atomic mass is 32.1. The number of benzene rings is 1. The van der Waals surface area contributed by atoms with Gasteiger partial charge in [-0.2, -0.15) is 0 Å². The minimum atomic E-state index is -0.851. The van der Waals surface area contributed by atoms with E-state index in [0.29, 0.717) is 11.3 Å². The third kappa shape index (κ3) is 1.63. The summed E-state index contributed by atoms with van der Waals surface area (Å²) in [4.78, 5) is 5.22. The van der Waals surface area contributed by atoms with E-state index in [0.717, 1.165) is 22.8 Å². The smallest absolute Gasteiger partial charge is 0.194 e. The lowest BCUT2D eigenvalue weighted by molar-refractivity contribution is 0.509. The number of hydrogen-bond donors (Lipinski definition) is 0. The molecule has 0 unspecified atom stereocenters. The first-order valence-electron chi connectivity index (χ1n) is 5.04. The molecular formula is C12H8F2N2S. The molecule has 0 spiro atoms. The lowest BCUT2D eigenvalue weighted by Crippen LogP contribution is -1.85.